The van der Waals surface area contributed by atoms with Gasteiger partial charge in [-0.25, -0.2) is 0 Å². The number of esters is 2. The molecule has 3 saturated carbocycles. The predicted molar refractivity (Wildman–Crippen MR) is 147 cm³/mol. The molecule has 232 valence electrons. The summed E-state index contributed by atoms with van der Waals surface area (Å²) in [7, 11) is 0. The largest absolute Gasteiger partial charge is 0.460 e. The average Bonchev–Trinajstić information content (AvgIpc) is 3.15. The highest BCUT2D eigenvalue weighted by Crippen LogP contribution is 2.68. The minimum Gasteiger partial charge on any atom is -0.460 e. The number of rotatable bonds is 8. The van der Waals surface area contributed by atoms with Crippen molar-refractivity contribution < 1.29 is 49.4 Å². The normalized spacial score (nSPS) is 42.0. The monoisotopic (exact) mass is 580 g/mol. The molecule has 0 aromatic heterocycles. The van der Waals surface area contributed by atoms with Gasteiger partial charge in [-0.3, -0.25) is 14.4 Å². The quantitative estimate of drug-likeness (QED) is 0.267. The lowest BCUT2D eigenvalue weighted by molar-refractivity contribution is -0.194. The molecular formula is C31H48O10. The maximum atomic E-state index is 13.6. The molecule has 4 aliphatic rings. The summed E-state index contributed by atoms with van der Waals surface area (Å²) in [6.07, 6.45) is 1.45. The molecule has 0 unspecified atom stereocenters. The third-order valence-electron chi connectivity index (χ3n) is 11.4. The van der Waals surface area contributed by atoms with Crippen LogP contribution in [0.3, 0.4) is 0 Å². The smallest absolute Gasteiger partial charge is 0.303 e. The summed E-state index contributed by atoms with van der Waals surface area (Å²) in [6.45, 7) is 9.06. The Labute approximate surface area is 242 Å². The van der Waals surface area contributed by atoms with E-state index >= 15 is 0 Å². The van der Waals surface area contributed by atoms with Gasteiger partial charge in [-0.15, -0.1) is 0 Å². The van der Waals surface area contributed by atoms with Crippen molar-refractivity contribution in [2.45, 2.75) is 128 Å². The van der Waals surface area contributed by atoms with Crippen LogP contribution in [0.4, 0.5) is 0 Å². The Morgan fingerprint density at radius 2 is 1.76 bits per heavy atom. The Balaban J connectivity index is 1.68. The van der Waals surface area contributed by atoms with Crippen LogP contribution in [0.25, 0.3) is 0 Å². The van der Waals surface area contributed by atoms with E-state index in [9.17, 15) is 39.9 Å². The van der Waals surface area contributed by atoms with Crippen molar-refractivity contribution >= 4 is 17.7 Å². The van der Waals surface area contributed by atoms with E-state index in [2.05, 4.69) is 0 Å². The van der Waals surface area contributed by atoms with E-state index in [0.29, 0.717) is 37.7 Å². The average molecular weight is 581 g/mol. The second kappa shape index (κ2) is 10.7. The van der Waals surface area contributed by atoms with Gasteiger partial charge in [0.15, 0.2) is 5.78 Å². The van der Waals surface area contributed by atoms with Crippen LogP contribution < -0.4 is 0 Å². The number of hydrogen-bond acceptors (Lipinski definition) is 10. The maximum Gasteiger partial charge on any atom is 0.303 e. The molecule has 0 aliphatic heterocycles. The van der Waals surface area contributed by atoms with Crippen LogP contribution in [-0.4, -0.2) is 85.0 Å². The van der Waals surface area contributed by atoms with E-state index in [-0.39, 0.29) is 31.0 Å². The molecular weight excluding hydrogens is 532 g/mol. The lowest BCUT2D eigenvalue weighted by Gasteiger charge is -2.61. The summed E-state index contributed by atoms with van der Waals surface area (Å²) < 4.78 is 11.0. The first-order chi connectivity index (χ1) is 18.8. The molecule has 0 saturated heterocycles. The molecule has 0 heterocycles. The third-order valence-corrected chi connectivity index (χ3v) is 11.4. The van der Waals surface area contributed by atoms with Crippen molar-refractivity contribution in [3.05, 3.63) is 11.6 Å². The van der Waals surface area contributed by atoms with Crippen LogP contribution in [0.2, 0.25) is 0 Å². The lowest BCUT2D eigenvalue weighted by atomic mass is 9.45. The summed E-state index contributed by atoms with van der Waals surface area (Å²) in [4.78, 5) is 37.4. The summed E-state index contributed by atoms with van der Waals surface area (Å²) in [5.74, 6) is -2.38. The summed E-state index contributed by atoms with van der Waals surface area (Å²) in [6, 6.07) is 0. The SMILES string of the molecule is CC(=O)O[C@H]1C[C@@]2(C)[C@@H](C[C@H]1O)C(=O)C=C1[C@@H]2CC[C@]2(C)[C@@H]([C@@](C)(O)[C@@H](CC[C@@](C)(O)CO)OC(C)=O)CC[C@@]12O. The zero-order chi connectivity index (χ0) is 30.8. The Hall–Kier alpha value is -1.85. The number of carbonyl (C=O) groups is 3. The molecule has 0 spiro atoms. The number of aliphatic hydroxyl groups excluding tert-OH is 2. The molecule has 11 atom stereocenters. The molecule has 0 aromatic rings. The Kier molecular flexibility index (Phi) is 8.37. The first-order valence-corrected chi connectivity index (χ1v) is 14.9. The van der Waals surface area contributed by atoms with E-state index in [1.165, 1.54) is 20.8 Å². The molecule has 0 bridgehead atoms. The number of fused-ring (bicyclic) bond motifs is 5. The maximum absolute atomic E-state index is 13.6. The predicted octanol–water partition coefficient (Wildman–Crippen LogP) is 1.97. The fourth-order valence-electron chi connectivity index (χ4n) is 9.03. The number of aliphatic hydroxyl groups is 5. The highest BCUT2D eigenvalue weighted by Gasteiger charge is 2.69. The van der Waals surface area contributed by atoms with Crippen molar-refractivity contribution in [1.29, 1.82) is 0 Å². The van der Waals surface area contributed by atoms with Crippen LogP contribution >= 0.6 is 0 Å². The van der Waals surface area contributed by atoms with Gasteiger partial charge in [0.05, 0.1) is 23.9 Å². The second-order valence-corrected chi connectivity index (χ2v) is 14.2. The zero-order valence-corrected chi connectivity index (χ0v) is 25.2. The second-order valence-electron chi connectivity index (χ2n) is 14.2. The van der Waals surface area contributed by atoms with Crippen molar-refractivity contribution in [3.63, 3.8) is 0 Å². The number of ether oxygens (including phenoxy) is 2. The summed E-state index contributed by atoms with van der Waals surface area (Å²) in [5, 5.41) is 55.1. The number of hydrogen-bond donors (Lipinski definition) is 5. The van der Waals surface area contributed by atoms with Crippen LogP contribution in [0.1, 0.15) is 92.9 Å². The van der Waals surface area contributed by atoms with Crippen LogP contribution in [0.15, 0.2) is 11.6 Å². The van der Waals surface area contributed by atoms with Crippen LogP contribution in [-0.2, 0) is 23.9 Å². The van der Waals surface area contributed by atoms with Gasteiger partial charge >= 0.3 is 11.9 Å². The molecule has 41 heavy (non-hydrogen) atoms. The van der Waals surface area contributed by atoms with Crippen molar-refractivity contribution in [2.24, 2.45) is 28.6 Å². The van der Waals surface area contributed by atoms with Crippen molar-refractivity contribution in [3.8, 4) is 0 Å². The molecule has 10 nitrogen and oxygen atoms in total. The van der Waals surface area contributed by atoms with Gasteiger partial charge in [0.25, 0.3) is 0 Å². The molecule has 0 radical (unpaired) electrons. The standard InChI is InChI=1S/C31H48O10/c1-17(33)40-24-15-28(4)19-7-11-29(5)25(30(6,38)26(41-18(2)34)9-10-27(3,37)16-32)8-12-31(29,39)20(19)13-22(35)21(28)14-23(24)36/h13,19,21,23-26,32,36-39H,7-12,14-16H2,1-6H3/t19-,21-,23+,24-,25-,26+,27+,28+,29+,30+,31+/m0/s1. The zero-order valence-electron chi connectivity index (χ0n) is 25.2. The van der Waals surface area contributed by atoms with Gasteiger partial charge in [-0.2, -0.15) is 0 Å². The lowest BCUT2D eigenvalue weighted by Crippen LogP contribution is -2.63. The third kappa shape index (κ3) is 5.28. The van der Waals surface area contributed by atoms with Gasteiger partial charge < -0.3 is 35.0 Å². The molecule has 0 aromatic carbocycles. The minimum atomic E-state index is -1.58. The number of ketones is 1. The summed E-state index contributed by atoms with van der Waals surface area (Å²) in [5.41, 5.74) is -5.25. The molecule has 4 rings (SSSR count). The first kappa shape index (κ1) is 32.1. The molecule has 3 fully saturated rings. The highest BCUT2D eigenvalue weighted by atomic mass is 16.6. The van der Waals surface area contributed by atoms with Crippen LogP contribution in [0, 0.1) is 28.6 Å². The van der Waals surface area contributed by atoms with Crippen molar-refractivity contribution in [2.75, 3.05) is 6.61 Å². The van der Waals surface area contributed by atoms with Gasteiger partial charge in [-0.1, -0.05) is 13.8 Å². The van der Waals surface area contributed by atoms with E-state index in [0.717, 1.165) is 0 Å². The van der Waals surface area contributed by atoms with E-state index < -0.39 is 76.3 Å². The fraction of sp³-hybridized carbons (Fsp3) is 0.839. The Bertz CT molecular complexity index is 1100. The van der Waals surface area contributed by atoms with E-state index in [4.69, 9.17) is 9.47 Å². The van der Waals surface area contributed by atoms with E-state index in [1.54, 1.807) is 13.0 Å². The van der Waals surface area contributed by atoms with Crippen molar-refractivity contribution in [1.82, 2.24) is 0 Å². The molecule has 10 heteroatoms. The van der Waals surface area contributed by atoms with E-state index in [1.807, 2.05) is 13.8 Å². The van der Waals surface area contributed by atoms with Gasteiger partial charge in [0.2, 0.25) is 0 Å². The summed E-state index contributed by atoms with van der Waals surface area (Å²) >= 11 is 0. The highest BCUT2D eigenvalue weighted by molar-refractivity contribution is 5.95. The fourth-order valence-corrected chi connectivity index (χ4v) is 9.03. The number of allylic oxidation sites excluding steroid dienone is 1. The van der Waals surface area contributed by atoms with Gasteiger partial charge in [0, 0.05) is 25.2 Å². The molecule has 0 amide bonds. The minimum absolute atomic E-state index is 0.0854. The topological polar surface area (TPSA) is 171 Å². The van der Waals surface area contributed by atoms with Gasteiger partial charge in [-0.05, 0) is 94.1 Å². The molecule has 4 aliphatic carbocycles. The van der Waals surface area contributed by atoms with Gasteiger partial charge in [0.1, 0.15) is 17.8 Å². The Morgan fingerprint density at radius 1 is 1.10 bits per heavy atom. The number of carbonyl (C=O) groups excluding carboxylic acids is 3. The Morgan fingerprint density at radius 3 is 2.34 bits per heavy atom. The molecule has 5 N–H and O–H groups in total. The first-order valence-electron chi connectivity index (χ1n) is 14.9. The van der Waals surface area contributed by atoms with Crippen LogP contribution in [0.5, 0.6) is 0 Å².